The van der Waals surface area contributed by atoms with E-state index in [-0.39, 0.29) is 0 Å². The molecular formula is C17H22N4O5S3. The topological polar surface area (TPSA) is 111 Å². The first-order valence-electron chi connectivity index (χ1n) is 8.85. The number of benzene rings is 1. The zero-order chi connectivity index (χ0) is 21.2. The smallest absolute Gasteiger partial charge is 0.249 e. The molecule has 0 bridgehead atoms. The quantitative estimate of drug-likeness (QED) is 0.498. The number of hydrogen-bond acceptors (Lipinski definition) is 9. The van der Waals surface area contributed by atoms with Crippen molar-refractivity contribution in [3.63, 3.8) is 0 Å². The summed E-state index contributed by atoms with van der Waals surface area (Å²) in [5, 5.41) is 11.3. The second-order valence-corrected chi connectivity index (χ2v) is 11.3. The number of sulfonamides is 1. The highest BCUT2D eigenvalue weighted by molar-refractivity contribution is 8.01. The Labute approximate surface area is 177 Å². The Morgan fingerprint density at radius 2 is 1.90 bits per heavy atom. The van der Waals surface area contributed by atoms with Crippen LogP contribution in [-0.4, -0.2) is 55.3 Å². The van der Waals surface area contributed by atoms with Gasteiger partial charge in [0.15, 0.2) is 15.8 Å². The van der Waals surface area contributed by atoms with Gasteiger partial charge in [0, 0.05) is 11.3 Å². The molecule has 0 aliphatic carbocycles. The lowest BCUT2D eigenvalue weighted by Gasteiger charge is -2.29. The monoisotopic (exact) mass is 458 g/mol. The van der Waals surface area contributed by atoms with Crippen molar-refractivity contribution in [2.24, 2.45) is 0 Å². The molecule has 1 amide bonds. The summed E-state index contributed by atoms with van der Waals surface area (Å²) in [6.07, 6.45) is 1.05. The number of fused-ring (bicyclic) bond motifs is 1. The summed E-state index contributed by atoms with van der Waals surface area (Å²) < 4.78 is 37.7. The van der Waals surface area contributed by atoms with Gasteiger partial charge in [-0.2, -0.15) is 0 Å². The fourth-order valence-corrected chi connectivity index (χ4v) is 5.84. The largest absolute Gasteiger partial charge is 0.486 e. The Balaban J connectivity index is 1.81. The van der Waals surface area contributed by atoms with Crippen LogP contribution < -0.4 is 19.1 Å². The molecule has 1 atom stereocenters. The van der Waals surface area contributed by atoms with Crippen LogP contribution in [0.1, 0.15) is 20.8 Å². The van der Waals surface area contributed by atoms with E-state index in [9.17, 15) is 13.2 Å². The lowest BCUT2D eigenvalue weighted by atomic mass is 10.2. The van der Waals surface area contributed by atoms with Gasteiger partial charge >= 0.3 is 0 Å². The minimum Gasteiger partial charge on any atom is -0.486 e. The predicted octanol–water partition coefficient (Wildman–Crippen LogP) is 2.60. The van der Waals surface area contributed by atoms with Crippen molar-refractivity contribution in [3.8, 4) is 11.5 Å². The third-order valence-electron chi connectivity index (χ3n) is 3.84. The molecule has 0 fully saturated rings. The van der Waals surface area contributed by atoms with Gasteiger partial charge in [0.2, 0.25) is 21.1 Å². The van der Waals surface area contributed by atoms with Gasteiger partial charge in [0.1, 0.15) is 19.3 Å². The fourth-order valence-electron chi connectivity index (χ4n) is 2.70. The third kappa shape index (κ3) is 5.31. The molecule has 9 nitrogen and oxygen atoms in total. The van der Waals surface area contributed by atoms with Gasteiger partial charge in [-0.15, -0.1) is 10.2 Å². The van der Waals surface area contributed by atoms with E-state index in [4.69, 9.17) is 9.47 Å². The van der Waals surface area contributed by atoms with E-state index < -0.39 is 22.0 Å². The molecule has 0 saturated heterocycles. The number of anilines is 2. The molecule has 1 N–H and O–H groups in total. The van der Waals surface area contributed by atoms with Crippen molar-refractivity contribution >= 4 is 49.8 Å². The molecule has 158 valence electrons. The number of carbonyl (C=O) groups is 1. The third-order valence-corrected chi connectivity index (χ3v) is 7.01. The molecule has 1 aromatic heterocycles. The van der Waals surface area contributed by atoms with Crippen molar-refractivity contribution in [1.82, 2.24) is 10.2 Å². The standard InChI is InChI=1S/C17H22N4O5S3/c1-10(2)27-17-20-19-16(28-17)18-15(22)11(3)21(29(4,23)24)12-5-6-13-14(9-12)26-8-7-25-13/h5-6,9-11H,7-8H2,1-4H3,(H,18,19,22)/t11-/m0/s1. The summed E-state index contributed by atoms with van der Waals surface area (Å²) in [6, 6.07) is 3.76. The molecule has 2 aromatic rings. The van der Waals surface area contributed by atoms with E-state index in [2.05, 4.69) is 15.5 Å². The lowest BCUT2D eigenvalue weighted by molar-refractivity contribution is -0.116. The molecule has 3 rings (SSSR count). The van der Waals surface area contributed by atoms with Crippen molar-refractivity contribution in [2.45, 2.75) is 36.4 Å². The molecule has 1 aliphatic heterocycles. The predicted molar refractivity (Wildman–Crippen MR) is 114 cm³/mol. The van der Waals surface area contributed by atoms with Crippen molar-refractivity contribution in [1.29, 1.82) is 0 Å². The Morgan fingerprint density at radius 3 is 2.55 bits per heavy atom. The first kappa shape index (κ1) is 21.7. The summed E-state index contributed by atoms with van der Waals surface area (Å²) in [4.78, 5) is 12.8. The molecule has 0 spiro atoms. The summed E-state index contributed by atoms with van der Waals surface area (Å²) in [5.74, 6) is 0.464. The van der Waals surface area contributed by atoms with Crippen LogP contribution in [0.4, 0.5) is 10.8 Å². The highest BCUT2D eigenvalue weighted by Gasteiger charge is 2.31. The molecule has 12 heteroatoms. The number of aromatic nitrogens is 2. The molecular weight excluding hydrogens is 436 g/mol. The minimum absolute atomic E-state index is 0.313. The Morgan fingerprint density at radius 1 is 1.21 bits per heavy atom. The lowest BCUT2D eigenvalue weighted by Crippen LogP contribution is -2.45. The molecule has 29 heavy (non-hydrogen) atoms. The highest BCUT2D eigenvalue weighted by atomic mass is 32.2. The van der Waals surface area contributed by atoms with Crippen LogP contribution in [0.3, 0.4) is 0 Å². The van der Waals surface area contributed by atoms with Gasteiger partial charge in [-0.1, -0.05) is 36.9 Å². The van der Waals surface area contributed by atoms with Crippen LogP contribution in [-0.2, 0) is 14.8 Å². The van der Waals surface area contributed by atoms with Crippen molar-refractivity contribution in [2.75, 3.05) is 29.1 Å². The van der Waals surface area contributed by atoms with Crippen LogP contribution >= 0.6 is 23.1 Å². The van der Waals surface area contributed by atoms with Crippen molar-refractivity contribution < 1.29 is 22.7 Å². The number of rotatable bonds is 7. The van der Waals surface area contributed by atoms with Gasteiger partial charge in [-0.05, 0) is 19.1 Å². The number of carbonyl (C=O) groups excluding carboxylic acids is 1. The van der Waals surface area contributed by atoms with Crippen LogP contribution in [0, 0.1) is 0 Å². The average Bonchev–Trinajstić information content (AvgIpc) is 3.06. The zero-order valence-corrected chi connectivity index (χ0v) is 18.9. The minimum atomic E-state index is -3.75. The fraction of sp³-hybridized carbons (Fsp3) is 0.471. The maximum atomic E-state index is 12.8. The second-order valence-electron chi connectivity index (χ2n) is 6.59. The van der Waals surface area contributed by atoms with E-state index in [1.807, 2.05) is 13.8 Å². The van der Waals surface area contributed by atoms with E-state index in [0.717, 1.165) is 14.9 Å². The average molecular weight is 459 g/mol. The molecule has 1 aliphatic rings. The Kier molecular flexibility index (Phi) is 6.54. The molecule has 0 unspecified atom stereocenters. The van der Waals surface area contributed by atoms with Gasteiger partial charge in [-0.25, -0.2) is 8.42 Å². The van der Waals surface area contributed by atoms with E-state index in [0.29, 0.717) is 40.8 Å². The number of amides is 1. The zero-order valence-electron chi connectivity index (χ0n) is 16.4. The molecule has 0 radical (unpaired) electrons. The number of hydrogen-bond donors (Lipinski definition) is 1. The normalized spacial score (nSPS) is 14.5. The summed E-state index contributed by atoms with van der Waals surface area (Å²) in [5.41, 5.74) is 0.313. The Bertz CT molecular complexity index is 993. The number of thioether (sulfide) groups is 1. The van der Waals surface area contributed by atoms with Crippen LogP contribution in [0.2, 0.25) is 0 Å². The van der Waals surface area contributed by atoms with E-state index >= 15 is 0 Å². The number of ether oxygens (including phenoxy) is 2. The summed E-state index contributed by atoms with van der Waals surface area (Å²) >= 11 is 2.78. The summed E-state index contributed by atoms with van der Waals surface area (Å²) in [7, 11) is -3.75. The van der Waals surface area contributed by atoms with Crippen LogP contribution in [0.25, 0.3) is 0 Å². The van der Waals surface area contributed by atoms with Gasteiger partial charge in [0.25, 0.3) is 0 Å². The first-order valence-corrected chi connectivity index (χ1v) is 12.4. The van der Waals surface area contributed by atoms with Gasteiger partial charge in [-0.3, -0.25) is 14.4 Å². The van der Waals surface area contributed by atoms with Gasteiger partial charge < -0.3 is 9.47 Å². The molecule has 2 heterocycles. The van der Waals surface area contributed by atoms with Gasteiger partial charge in [0.05, 0.1) is 11.9 Å². The molecule has 1 aromatic carbocycles. The number of nitrogens with one attached hydrogen (secondary N) is 1. The summed E-state index contributed by atoms with van der Waals surface area (Å²) in [6.45, 7) is 6.38. The SMILES string of the molecule is CC(C)Sc1nnc(NC(=O)[C@H](C)N(c2ccc3c(c2)OCCO3)S(C)(=O)=O)s1. The van der Waals surface area contributed by atoms with Crippen molar-refractivity contribution in [3.05, 3.63) is 18.2 Å². The molecule has 0 saturated carbocycles. The van der Waals surface area contributed by atoms with Crippen LogP contribution in [0.5, 0.6) is 11.5 Å². The van der Waals surface area contributed by atoms with E-state index in [1.54, 1.807) is 18.2 Å². The van der Waals surface area contributed by atoms with E-state index in [1.165, 1.54) is 30.0 Å². The first-order chi connectivity index (χ1) is 13.6. The highest BCUT2D eigenvalue weighted by Crippen LogP contribution is 2.35. The second kappa shape index (κ2) is 8.76. The number of nitrogens with zero attached hydrogens (tertiary/aromatic N) is 3. The maximum absolute atomic E-state index is 12.8. The maximum Gasteiger partial charge on any atom is 0.249 e. The van der Waals surface area contributed by atoms with Crippen LogP contribution in [0.15, 0.2) is 22.5 Å². The Hall–Kier alpha value is -2.05.